The Bertz CT molecular complexity index is 1020. The van der Waals surface area contributed by atoms with Gasteiger partial charge in [-0.2, -0.15) is 13.9 Å². The maximum Gasteiger partial charge on any atom is 0.309 e. The molecule has 3 rings (SSSR count). The van der Waals surface area contributed by atoms with Gasteiger partial charge in [0, 0.05) is 31.8 Å². The van der Waals surface area contributed by atoms with Crippen molar-refractivity contribution in [3.63, 3.8) is 0 Å². The zero-order chi connectivity index (χ0) is 20.5. The second kappa shape index (κ2) is 7.41. The average Bonchev–Trinajstić information content (AvgIpc) is 3.04. The summed E-state index contributed by atoms with van der Waals surface area (Å²) in [5.41, 5.74) is -0.330. The normalized spacial score (nSPS) is 11.5. The minimum absolute atomic E-state index is 0. The summed E-state index contributed by atoms with van der Waals surface area (Å²) < 4.78 is 70.3. The molecule has 0 spiro atoms. The Labute approximate surface area is 158 Å². The van der Waals surface area contributed by atoms with Gasteiger partial charge in [-0.15, -0.1) is 0 Å². The number of aryl methyl sites for hydroxylation is 1. The largest absolute Gasteiger partial charge is 0.381 e. The van der Waals surface area contributed by atoms with Gasteiger partial charge < -0.3 is 5.32 Å². The number of alkyl halides is 2. The summed E-state index contributed by atoms with van der Waals surface area (Å²) in [5, 5.41) is 6.42. The first-order valence-electron chi connectivity index (χ1n) is 8.10. The molecule has 28 heavy (non-hydrogen) atoms. The highest BCUT2D eigenvalue weighted by atomic mass is 19.3. The Morgan fingerprint density at radius 1 is 1.14 bits per heavy atom. The van der Waals surface area contributed by atoms with Crippen LogP contribution in [0.25, 0.3) is 11.3 Å². The summed E-state index contributed by atoms with van der Waals surface area (Å²) in [7, 11) is 1.42. The van der Waals surface area contributed by atoms with Crippen molar-refractivity contribution in [3.8, 4) is 11.3 Å². The third kappa shape index (κ3) is 3.73. The topological polar surface area (TPSA) is 42.7 Å². The number of nitrogens with zero attached hydrogens (tertiary/aromatic N) is 3. The molecule has 3 aromatic rings. The number of pyridine rings is 1. The highest BCUT2D eigenvalue weighted by molar-refractivity contribution is 5.64. The molecule has 0 amide bonds. The van der Waals surface area contributed by atoms with Crippen LogP contribution < -0.4 is 5.32 Å². The summed E-state index contributed by atoms with van der Waals surface area (Å²) in [5.74, 6) is -5.70. The van der Waals surface area contributed by atoms with E-state index in [2.05, 4.69) is 22.0 Å². The van der Waals surface area contributed by atoms with Crippen LogP contribution in [0.1, 0.15) is 12.7 Å². The highest BCUT2D eigenvalue weighted by Crippen LogP contribution is 2.32. The predicted octanol–water partition coefficient (Wildman–Crippen LogP) is 5.04. The molecule has 9 heteroatoms. The lowest BCUT2D eigenvalue weighted by molar-refractivity contribution is 0.0470. The molecule has 0 bridgehead atoms. The van der Waals surface area contributed by atoms with Crippen LogP contribution in [0.15, 0.2) is 49.3 Å². The van der Waals surface area contributed by atoms with E-state index >= 15 is 0 Å². The summed E-state index contributed by atoms with van der Waals surface area (Å²) >= 11 is 0. The van der Waals surface area contributed by atoms with Gasteiger partial charge in [-0.25, -0.2) is 13.2 Å². The quantitative estimate of drug-likeness (QED) is 0.469. The maximum absolute atomic E-state index is 14.5. The zero-order valence-corrected chi connectivity index (χ0v) is 14.7. The Morgan fingerprint density at radius 2 is 1.82 bits per heavy atom. The van der Waals surface area contributed by atoms with Gasteiger partial charge in [0.15, 0.2) is 0 Å². The number of aromatic nitrogens is 3. The number of allylic oxidation sites excluding steroid dienone is 1. The Hall–Kier alpha value is -3.23. The van der Waals surface area contributed by atoms with Crippen molar-refractivity contribution >= 4 is 5.69 Å². The van der Waals surface area contributed by atoms with Crippen LogP contribution in [-0.2, 0) is 19.5 Å². The molecule has 0 saturated carbocycles. The molecule has 2 aromatic heterocycles. The first-order chi connectivity index (χ1) is 13.2. The molecule has 148 valence electrons. The van der Waals surface area contributed by atoms with E-state index in [0.717, 1.165) is 29.2 Å². The first kappa shape index (κ1) is 19.5. The molecule has 0 saturated heterocycles. The first-order valence-corrected chi connectivity index (χ1v) is 8.10. The number of benzene rings is 1. The molecule has 0 aliphatic rings. The van der Waals surface area contributed by atoms with Gasteiger partial charge in [0.1, 0.15) is 23.1 Å². The Morgan fingerprint density at radius 3 is 2.43 bits per heavy atom. The molecule has 0 aliphatic carbocycles. The molecule has 0 radical (unpaired) electrons. The van der Waals surface area contributed by atoms with Gasteiger partial charge in [-0.05, 0) is 30.3 Å². The number of nitrogens with one attached hydrogen (secondary N) is 1. The van der Waals surface area contributed by atoms with Gasteiger partial charge in [0.25, 0.3) is 0 Å². The lowest BCUT2D eigenvalue weighted by Crippen LogP contribution is -2.10. The molecule has 0 unspecified atom stereocenters. The van der Waals surface area contributed by atoms with Gasteiger partial charge in [0.2, 0.25) is 0 Å². The van der Waals surface area contributed by atoms with E-state index in [1.54, 1.807) is 0 Å². The molecule has 2 heterocycles. The van der Waals surface area contributed by atoms with E-state index in [4.69, 9.17) is 0 Å². The second-order valence-corrected chi connectivity index (χ2v) is 6.00. The standard InChI is InChI=1S/C19H15F5N4.H2/c1-3-19(23,24)18-7-17(28(2)27-18)12-5-4-11(6-14(12)20)26-8-13-15(21)9-25-10-16(13)22;/h3-7,9-10,26H,1,8H2,2H3;1H. The van der Waals surface area contributed by atoms with Gasteiger partial charge >= 0.3 is 5.92 Å². The molecule has 0 atom stereocenters. The second-order valence-electron chi connectivity index (χ2n) is 6.00. The van der Waals surface area contributed by atoms with Crippen LogP contribution in [0.5, 0.6) is 0 Å². The molecule has 1 N–H and O–H groups in total. The molecule has 0 aliphatic heterocycles. The lowest BCUT2D eigenvalue weighted by atomic mass is 10.1. The van der Waals surface area contributed by atoms with E-state index in [-0.39, 0.29) is 30.5 Å². The van der Waals surface area contributed by atoms with Crippen molar-refractivity contribution < 1.29 is 23.4 Å². The van der Waals surface area contributed by atoms with E-state index in [1.165, 1.54) is 19.2 Å². The van der Waals surface area contributed by atoms with Crippen molar-refractivity contribution in [1.29, 1.82) is 0 Å². The third-order valence-electron chi connectivity index (χ3n) is 4.14. The minimum Gasteiger partial charge on any atom is -0.381 e. The Kier molecular flexibility index (Phi) is 5.17. The fourth-order valence-electron chi connectivity index (χ4n) is 2.62. The van der Waals surface area contributed by atoms with Crippen LogP contribution in [0.4, 0.5) is 27.6 Å². The number of rotatable bonds is 6. The van der Waals surface area contributed by atoms with E-state index in [9.17, 15) is 22.0 Å². The minimum atomic E-state index is -3.34. The molecule has 4 nitrogen and oxygen atoms in total. The van der Waals surface area contributed by atoms with E-state index < -0.39 is 29.1 Å². The monoisotopic (exact) mass is 396 g/mol. The molecule has 0 fully saturated rings. The lowest BCUT2D eigenvalue weighted by Gasteiger charge is -2.10. The van der Waals surface area contributed by atoms with Crippen molar-refractivity contribution in [3.05, 3.63) is 78.0 Å². The van der Waals surface area contributed by atoms with Crippen molar-refractivity contribution in [2.24, 2.45) is 7.05 Å². The molecular formula is C19H17F5N4. The van der Waals surface area contributed by atoms with Crippen LogP contribution >= 0.6 is 0 Å². The van der Waals surface area contributed by atoms with E-state index in [0.29, 0.717) is 6.08 Å². The van der Waals surface area contributed by atoms with Crippen LogP contribution in [0.2, 0.25) is 0 Å². The summed E-state index contributed by atoms with van der Waals surface area (Å²) in [6.07, 6.45) is 2.21. The number of hydrogen-bond acceptors (Lipinski definition) is 3. The maximum atomic E-state index is 14.5. The van der Waals surface area contributed by atoms with Crippen LogP contribution in [0, 0.1) is 17.5 Å². The van der Waals surface area contributed by atoms with Gasteiger partial charge in [-0.3, -0.25) is 9.67 Å². The fourth-order valence-corrected chi connectivity index (χ4v) is 2.62. The highest BCUT2D eigenvalue weighted by Gasteiger charge is 2.31. The zero-order valence-electron chi connectivity index (χ0n) is 14.7. The number of anilines is 1. The van der Waals surface area contributed by atoms with Crippen molar-refractivity contribution in [2.45, 2.75) is 12.5 Å². The summed E-state index contributed by atoms with van der Waals surface area (Å²) in [4.78, 5) is 3.39. The summed E-state index contributed by atoms with van der Waals surface area (Å²) in [6.45, 7) is 2.85. The Balaban J connectivity index is 0.00000300. The van der Waals surface area contributed by atoms with E-state index in [1.807, 2.05) is 0 Å². The SMILES string of the molecule is C=CC(F)(F)c1cc(-c2ccc(NCc3c(F)cncc3F)cc2F)n(C)n1.[HH]. The smallest absolute Gasteiger partial charge is 0.309 e. The van der Waals surface area contributed by atoms with Crippen molar-refractivity contribution in [2.75, 3.05) is 5.32 Å². The van der Waals surface area contributed by atoms with Crippen molar-refractivity contribution in [1.82, 2.24) is 14.8 Å². The predicted molar refractivity (Wildman–Crippen MR) is 96.3 cm³/mol. The molecular weight excluding hydrogens is 379 g/mol. The van der Waals surface area contributed by atoms with Gasteiger partial charge in [-0.1, -0.05) is 6.58 Å². The molecule has 1 aromatic carbocycles. The van der Waals surface area contributed by atoms with Crippen LogP contribution in [0.3, 0.4) is 0 Å². The average molecular weight is 396 g/mol. The van der Waals surface area contributed by atoms with Crippen LogP contribution in [-0.4, -0.2) is 14.8 Å². The fraction of sp³-hybridized carbons (Fsp3) is 0.158. The van der Waals surface area contributed by atoms with Gasteiger partial charge in [0.05, 0.1) is 18.1 Å². The number of hydrogen-bond donors (Lipinski definition) is 1. The third-order valence-corrected chi connectivity index (χ3v) is 4.14. The summed E-state index contributed by atoms with van der Waals surface area (Å²) in [6, 6.07) is 5.01. The number of halogens is 5.